The van der Waals surface area contributed by atoms with Crippen LogP contribution in [0.3, 0.4) is 0 Å². The lowest BCUT2D eigenvalue weighted by molar-refractivity contribution is -0.973. The molecule has 0 saturated heterocycles. The number of carboxylic acids is 3. The summed E-state index contributed by atoms with van der Waals surface area (Å²) in [6.07, 6.45) is 13.1. The Labute approximate surface area is 194 Å². The van der Waals surface area contributed by atoms with Gasteiger partial charge in [0.15, 0.2) is 18.1 Å². The van der Waals surface area contributed by atoms with Crippen LogP contribution in [0.25, 0.3) is 0 Å². The number of carbonyl (C=O) groups is 3. The fourth-order valence-corrected chi connectivity index (χ4v) is 5.19. The second kappa shape index (κ2) is 16.7. The van der Waals surface area contributed by atoms with Gasteiger partial charge in [-0.15, -0.1) is 6.58 Å². The maximum Gasteiger partial charge on any atom is 0.362 e. The van der Waals surface area contributed by atoms with Crippen LogP contribution < -0.4 is 0 Å². The van der Waals surface area contributed by atoms with Crippen LogP contribution in [0.4, 0.5) is 0 Å². The van der Waals surface area contributed by atoms with Gasteiger partial charge in [-0.25, -0.2) is 14.4 Å². The third-order valence-corrected chi connectivity index (χ3v) is 6.71. The zero-order valence-corrected chi connectivity index (χ0v) is 20.4. The first kappa shape index (κ1) is 30.1. The predicted molar refractivity (Wildman–Crippen MR) is 127 cm³/mol. The van der Waals surface area contributed by atoms with Crippen LogP contribution in [-0.2, 0) is 14.4 Å². The molecule has 3 unspecified atom stereocenters. The predicted octanol–water partition coefficient (Wildman–Crippen LogP) is 5.48. The van der Waals surface area contributed by atoms with Crippen LogP contribution in [0.15, 0.2) is 12.7 Å². The molecule has 0 spiro atoms. The van der Waals surface area contributed by atoms with Crippen molar-refractivity contribution in [3.8, 4) is 0 Å². The lowest BCUT2D eigenvalue weighted by Crippen LogP contribution is -2.72. The molecule has 186 valence electrons. The van der Waals surface area contributed by atoms with Crippen molar-refractivity contribution in [2.24, 2.45) is 0 Å². The van der Waals surface area contributed by atoms with Gasteiger partial charge in [-0.2, -0.15) is 0 Å². The summed E-state index contributed by atoms with van der Waals surface area (Å²) in [7, 11) is 0. The van der Waals surface area contributed by atoms with Crippen molar-refractivity contribution in [2.45, 2.75) is 122 Å². The minimum atomic E-state index is -1.12. The summed E-state index contributed by atoms with van der Waals surface area (Å²) < 4.78 is -0.410. The number of carboxylic acid groups (broad SMARTS) is 3. The van der Waals surface area contributed by atoms with E-state index in [1.165, 1.54) is 25.7 Å². The Hall–Kier alpha value is -1.89. The summed E-state index contributed by atoms with van der Waals surface area (Å²) in [5.41, 5.74) is 0. The van der Waals surface area contributed by atoms with Gasteiger partial charge >= 0.3 is 17.9 Å². The zero-order valence-electron chi connectivity index (χ0n) is 20.4. The van der Waals surface area contributed by atoms with Crippen molar-refractivity contribution in [1.82, 2.24) is 0 Å². The van der Waals surface area contributed by atoms with Crippen LogP contribution in [0.1, 0.15) is 104 Å². The molecule has 0 rings (SSSR count). The number of aliphatic carboxylic acids is 3. The van der Waals surface area contributed by atoms with E-state index in [9.17, 15) is 29.7 Å². The van der Waals surface area contributed by atoms with Crippen molar-refractivity contribution in [1.29, 1.82) is 0 Å². The van der Waals surface area contributed by atoms with Gasteiger partial charge in [-0.1, -0.05) is 65.4 Å². The molecule has 0 bridgehead atoms. The molecule has 0 fully saturated rings. The Kier molecular flexibility index (Phi) is 15.7. The Balaban J connectivity index is 5.28. The van der Waals surface area contributed by atoms with E-state index >= 15 is 0 Å². The van der Waals surface area contributed by atoms with E-state index in [1.807, 2.05) is 6.08 Å². The van der Waals surface area contributed by atoms with Gasteiger partial charge in [0.25, 0.3) is 0 Å². The molecule has 0 aliphatic carbocycles. The molecule has 0 aromatic rings. The van der Waals surface area contributed by atoms with Crippen LogP contribution in [0, 0.1) is 0 Å². The molecule has 3 atom stereocenters. The molecule has 0 aliphatic rings. The van der Waals surface area contributed by atoms with Gasteiger partial charge < -0.3 is 15.3 Å². The average Bonchev–Trinajstić information content (AvgIpc) is 2.72. The highest BCUT2D eigenvalue weighted by Crippen LogP contribution is 2.32. The third-order valence-electron chi connectivity index (χ3n) is 6.71. The minimum absolute atomic E-state index is 0.189. The summed E-state index contributed by atoms with van der Waals surface area (Å²) in [5.74, 6) is -3.37. The molecule has 0 aromatic carbocycles. The van der Waals surface area contributed by atoms with E-state index < -0.39 is 40.5 Å². The molecular formula is C25H46NO6+. The number of hydrogen-bond acceptors (Lipinski definition) is 3. The van der Waals surface area contributed by atoms with Crippen molar-refractivity contribution in [3.05, 3.63) is 12.7 Å². The maximum atomic E-state index is 12.2. The van der Waals surface area contributed by atoms with E-state index in [1.54, 1.807) is 20.8 Å². The van der Waals surface area contributed by atoms with Crippen molar-refractivity contribution < 1.29 is 34.2 Å². The average molecular weight is 457 g/mol. The van der Waals surface area contributed by atoms with Crippen molar-refractivity contribution in [3.63, 3.8) is 0 Å². The number of quaternary nitrogens is 1. The lowest BCUT2D eigenvalue weighted by atomic mass is 9.93. The summed E-state index contributed by atoms with van der Waals surface area (Å²) >= 11 is 0. The largest absolute Gasteiger partial charge is 0.477 e. The molecule has 0 heterocycles. The van der Waals surface area contributed by atoms with E-state index in [0.717, 1.165) is 32.1 Å². The Morgan fingerprint density at radius 2 is 0.969 bits per heavy atom. The highest BCUT2D eigenvalue weighted by molar-refractivity contribution is 5.78. The maximum absolute atomic E-state index is 12.2. The van der Waals surface area contributed by atoms with Gasteiger partial charge in [-0.05, 0) is 25.7 Å². The summed E-state index contributed by atoms with van der Waals surface area (Å²) in [6, 6.07) is -3.19. The molecule has 32 heavy (non-hydrogen) atoms. The monoisotopic (exact) mass is 456 g/mol. The Bertz CT molecular complexity index is 522. The highest BCUT2D eigenvalue weighted by atomic mass is 16.4. The second-order valence-corrected chi connectivity index (χ2v) is 8.76. The molecule has 0 aromatic heterocycles. The lowest BCUT2D eigenvalue weighted by Gasteiger charge is -2.49. The Morgan fingerprint density at radius 1 is 0.656 bits per heavy atom. The summed E-state index contributed by atoms with van der Waals surface area (Å²) in [5, 5.41) is 29.8. The van der Waals surface area contributed by atoms with Crippen LogP contribution in [0.5, 0.6) is 0 Å². The molecule has 7 heteroatoms. The third kappa shape index (κ3) is 8.93. The fourth-order valence-electron chi connectivity index (χ4n) is 5.19. The SMILES string of the molecule is C=CCCCCCCCCCCC[N+](C(CC)C(=O)O)(C(CC)C(=O)O)C(CC)C(=O)O. The smallest absolute Gasteiger partial charge is 0.362 e. The molecule has 0 aliphatic heterocycles. The second-order valence-electron chi connectivity index (χ2n) is 8.76. The standard InChI is InChI=1S/C25H45NO6/c1-5-9-10-11-12-13-14-15-16-17-18-19-26(20(6-2)23(27)28,21(7-3)24(29)30)22(8-4)25(31)32/h5,20-22H,1,6-19H2,2-4H3,(H2-,27,28,29,30,31,32)/p+1. The van der Waals surface area contributed by atoms with E-state index in [0.29, 0.717) is 6.42 Å². The molecule has 3 N–H and O–H groups in total. The van der Waals surface area contributed by atoms with Crippen molar-refractivity contribution >= 4 is 17.9 Å². The van der Waals surface area contributed by atoms with Gasteiger partial charge in [0.1, 0.15) is 0 Å². The number of allylic oxidation sites excluding steroid dienone is 1. The fraction of sp³-hybridized carbons (Fsp3) is 0.800. The topological polar surface area (TPSA) is 112 Å². The van der Waals surface area contributed by atoms with Crippen LogP contribution in [-0.4, -0.2) is 62.4 Å². The number of unbranched alkanes of at least 4 members (excludes halogenated alkanes) is 9. The first-order chi connectivity index (χ1) is 15.2. The van der Waals surface area contributed by atoms with E-state index in [4.69, 9.17) is 0 Å². The normalized spacial score (nSPS) is 16.0. The number of hydrogen-bond donors (Lipinski definition) is 3. The highest BCUT2D eigenvalue weighted by Gasteiger charge is 2.55. The summed E-state index contributed by atoms with van der Waals surface area (Å²) in [4.78, 5) is 36.5. The molecule has 7 nitrogen and oxygen atoms in total. The first-order valence-electron chi connectivity index (χ1n) is 12.4. The van der Waals surface area contributed by atoms with Crippen molar-refractivity contribution in [2.75, 3.05) is 6.54 Å². The van der Waals surface area contributed by atoms with E-state index in [2.05, 4.69) is 6.58 Å². The van der Waals surface area contributed by atoms with Gasteiger partial charge in [-0.3, -0.25) is 4.48 Å². The Morgan fingerprint density at radius 3 is 1.25 bits per heavy atom. The van der Waals surface area contributed by atoms with Gasteiger partial charge in [0, 0.05) is 19.3 Å². The van der Waals surface area contributed by atoms with Gasteiger partial charge in [0.2, 0.25) is 0 Å². The first-order valence-corrected chi connectivity index (χ1v) is 12.4. The summed E-state index contributed by atoms with van der Waals surface area (Å²) in [6.45, 7) is 9.08. The minimum Gasteiger partial charge on any atom is -0.477 e. The molecule has 0 saturated carbocycles. The zero-order chi connectivity index (χ0) is 24.6. The van der Waals surface area contributed by atoms with Crippen LogP contribution >= 0.6 is 0 Å². The number of nitrogens with zero attached hydrogens (tertiary/aromatic N) is 1. The molecule has 0 radical (unpaired) electrons. The quantitative estimate of drug-likeness (QED) is 0.120. The van der Waals surface area contributed by atoms with E-state index in [-0.39, 0.29) is 25.8 Å². The van der Waals surface area contributed by atoms with Gasteiger partial charge in [0.05, 0.1) is 6.54 Å². The molecule has 0 amide bonds. The number of rotatable bonds is 21. The molecular weight excluding hydrogens is 410 g/mol. The van der Waals surface area contributed by atoms with Crippen LogP contribution in [0.2, 0.25) is 0 Å².